The number of nitrogens with zero attached hydrogens (tertiary/aromatic N) is 1. The van der Waals surface area contributed by atoms with Gasteiger partial charge in [0.15, 0.2) is 0 Å². The largest absolute Gasteiger partial charge is 0.326 e. The van der Waals surface area contributed by atoms with E-state index in [1.54, 1.807) is 30.3 Å². The van der Waals surface area contributed by atoms with Crippen LogP contribution in [0, 0.1) is 17.0 Å². The quantitative estimate of drug-likeness (QED) is 0.401. The number of carbonyl (C=O) groups excluding carboxylic acids is 1. The second kappa shape index (κ2) is 9.40. The predicted octanol–water partition coefficient (Wildman–Crippen LogP) is 4.28. The molecule has 0 saturated carbocycles. The highest BCUT2D eigenvalue weighted by Crippen LogP contribution is 2.19. The summed E-state index contributed by atoms with van der Waals surface area (Å²) in [5.41, 5.74) is 2.55. The Hall–Kier alpha value is -3.72. The molecule has 3 aromatic carbocycles. The summed E-state index contributed by atoms with van der Waals surface area (Å²) in [5.74, 6) is -0.293. The number of hydrogen-bond donors (Lipinski definition) is 2. The zero-order valence-corrected chi connectivity index (χ0v) is 17.6. The van der Waals surface area contributed by atoms with Crippen LogP contribution in [-0.2, 0) is 21.2 Å². The number of aryl methyl sites for hydroxylation is 2. The van der Waals surface area contributed by atoms with E-state index in [0.717, 1.165) is 11.1 Å². The number of benzene rings is 3. The van der Waals surface area contributed by atoms with Crippen molar-refractivity contribution in [2.75, 3.05) is 10.0 Å². The Labute approximate surface area is 180 Å². The topological polar surface area (TPSA) is 118 Å². The molecule has 0 saturated heterocycles. The van der Waals surface area contributed by atoms with E-state index in [4.69, 9.17) is 0 Å². The van der Waals surface area contributed by atoms with Gasteiger partial charge in [0.25, 0.3) is 15.7 Å². The van der Waals surface area contributed by atoms with Crippen molar-refractivity contribution in [3.05, 3.63) is 94.0 Å². The van der Waals surface area contributed by atoms with Gasteiger partial charge >= 0.3 is 0 Å². The molecule has 3 rings (SSSR count). The van der Waals surface area contributed by atoms with Gasteiger partial charge in [0, 0.05) is 29.9 Å². The summed E-state index contributed by atoms with van der Waals surface area (Å²) in [5, 5.41) is 13.4. The molecule has 0 aromatic heterocycles. The molecule has 0 spiro atoms. The third kappa shape index (κ3) is 6.13. The Morgan fingerprint density at radius 2 is 1.65 bits per heavy atom. The van der Waals surface area contributed by atoms with Crippen LogP contribution in [0.25, 0.3) is 0 Å². The number of nitro groups is 1. The second-order valence-electron chi connectivity index (χ2n) is 6.97. The van der Waals surface area contributed by atoms with Crippen LogP contribution in [0.4, 0.5) is 17.1 Å². The van der Waals surface area contributed by atoms with Crippen LogP contribution in [0.15, 0.2) is 77.7 Å². The molecular formula is C22H21N3O5S. The van der Waals surface area contributed by atoms with Crippen molar-refractivity contribution in [3.8, 4) is 0 Å². The summed E-state index contributed by atoms with van der Waals surface area (Å²) in [4.78, 5) is 22.5. The molecule has 3 aromatic rings. The summed E-state index contributed by atoms with van der Waals surface area (Å²) in [6.45, 7) is 1.92. The second-order valence-corrected chi connectivity index (χ2v) is 8.65. The molecule has 1 amide bonds. The maximum atomic E-state index is 12.5. The number of carbonyl (C=O) groups is 1. The minimum Gasteiger partial charge on any atom is -0.326 e. The average molecular weight is 439 g/mol. The summed E-state index contributed by atoms with van der Waals surface area (Å²) in [6.07, 6.45) is 0.545. The average Bonchev–Trinajstić information content (AvgIpc) is 2.74. The SMILES string of the molecule is Cc1ccc(NS(=O)(=O)c2ccc(CCC(=O)Nc3cccc([N+](=O)[O-])c3)cc2)cc1. The molecule has 31 heavy (non-hydrogen) atoms. The Bertz CT molecular complexity index is 1190. The molecule has 0 aliphatic heterocycles. The van der Waals surface area contributed by atoms with E-state index in [1.807, 2.05) is 19.1 Å². The number of hydrogen-bond acceptors (Lipinski definition) is 5. The molecule has 2 N–H and O–H groups in total. The molecule has 0 heterocycles. The Kier molecular flexibility index (Phi) is 6.66. The minimum atomic E-state index is -3.71. The maximum absolute atomic E-state index is 12.5. The van der Waals surface area contributed by atoms with Crippen molar-refractivity contribution in [3.63, 3.8) is 0 Å². The van der Waals surface area contributed by atoms with Crippen LogP contribution in [0.3, 0.4) is 0 Å². The highest BCUT2D eigenvalue weighted by Gasteiger charge is 2.14. The molecule has 0 unspecified atom stereocenters. The Balaban J connectivity index is 1.57. The van der Waals surface area contributed by atoms with E-state index < -0.39 is 14.9 Å². The predicted molar refractivity (Wildman–Crippen MR) is 118 cm³/mol. The first-order valence-electron chi connectivity index (χ1n) is 9.46. The van der Waals surface area contributed by atoms with Gasteiger partial charge in [-0.25, -0.2) is 8.42 Å². The Morgan fingerprint density at radius 3 is 2.29 bits per heavy atom. The molecule has 0 aliphatic carbocycles. The normalized spacial score (nSPS) is 11.0. The molecule has 0 aliphatic rings. The monoisotopic (exact) mass is 439 g/mol. The van der Waals surface area contributed by atoms with Crippen molar-refractivity contribution in [1.82, 2.24) is 0 Å². The first-order chi connectivity index (χ1) is 14.7. The van der Waals surface area contributed by atoms with Crippen LogP contribution in [0.5, 0.6) is 0 Å². The van der Waals surface area contributed by atoms with Crippen LogP contribution in [0.1, 0.15) is 17.5 Å². The lowest BCUT2D eigenvalue weighted by molar-refractivity contribution is -0.384. The molecular weight excluding hydrogens is 418 g/mol. The van der Waals surface area contributed by atoms with E-state index in [9.17, 15) is 23.3 Å². The van der Waals surface area contributed by atoms with Crippen molar-refractivity contribution in [2.45, 2.75) is 24.7 Å². The summed E-state index contributed by atoms with van der Waals surface area (Å²) >= 11 is 0. The summed E-state index contributed by atoms with van der Waals surface area (Å²) in [6, 6.07) is 19.0. The van der Waals surface area contributed by atoms with Gasteiger partial charge in [-0.1, -0.05) is 35.9 Å². The first-order valence-corrected chi connectivity index (χ1v) is 10.9. The van der Waals surface area contributed by atoms with Crippen molar-refractivity contribution in [1.29, 1.82) is 0 Å². The lowest BCUT2D eigenvalue weighted by Gasteiger charge is -2.09. The van der Waals surface area contributed by atoms with Crippen molar-refractivity contribution < 1.29 is 18.1 Å². The van der Waals surface area contributed by atoms with Crippen LogP contribution >= 0.6 is 0 Å². The maximum Gasteiger partial charge on any atom is 0.271 e. The van der Waals surface area contributed by atoms with Crippen molar-refractivity contribution >= 4 is 33.0 Å². The number of amides is 1. The number of nitro benzene ring substituents is 1. The van der Waals surface area contributed by atoms with E-state index in [2.05, 4.69) is 10.0 Å². The standard InChI is InChI=1S/C22H21N3O5S/c1-16-5-10-18(11-6-16)24-31(29,30)21-12-7-17(8-13-21)9-14-22(26)23-19-3-2-4-20(15-19)25(27)28/h2-8,10-13,15,24H,9,14H2,1H3,(H,23,26). The molecule has 160 valence electrons. The van der Waals surface area contributed by atoms with Gasteiger partial charge in [-0.2, -0.15) is 0 Å². The lowest BCUT2D eigenvalue weighted by atomic mass is 10.1. The summed E-state index contributed by atoms with van der Waals surface area (Å²) < 4.78 is 27.6. The van der Waals surface area contributed by atoms with Crippen molar-refractivity contribution in [2.24, 2.45) is 0 Å². The fourth-order valence-electron chi connectivity index (χ4n) is 2.85. The fraction of sp³-hybridized carbons (Fsp3) is 0.136. The van der Waals surface area contributed by atoms with Crippen LogP contribution < -0.4 is 10.0 Å². The fourth-order valence-corrected chi connectivity index (χ4v) is 3.91. The number of sulfonamides is 1. The molecule has 0 atom stereocenters. The van der Waals surface area contributed by atoms with E-state index in [0.29, 0.717) is 17.8 Å². The molecule has 0 fully saturated rings. The molecule has 8 nitrogen and oxygen atoms in total. The smallest absolute Gasteiger partial charge is 0.271 e. The van der Waals surface area contributed by atoms with Gasteiger partial charge in [0.1, 0.15) is 0 Å². The zero-order valence-electron chi connectivity index (χ0n) is 16.7. The van der Waals surface area contributed by atoms with Gasteiger partial charge < -0.3 is 5.32 Å². The number of nitrogens with one attached hydrogen (secondary N) is 2. The lowest BCUT2D eigenvalue weighted by Crippen LogP contribution is -2.13. The third-order valence-corrected chi connectivity index (χ3v) is 5.92. The van der Waals surface area contributed by atoms with Crippen LogP contribution in [0.2, 0.25) is 0 Å². The highest BCUT2D eigenvalue weighted by atomic mass is 32.2. The molecule has 0 radical (unpaired) electrons. The third-order valence-electron chi connectivity index (χ3n) is 4.52. The minimum absolute atomic E-state index is 0.103. The number of rotatable bonds is 8. The van der Waals surface area contributed by atoms with Gasteiger partial charge in [0.05, 0.1) is 9.82 Å². The van der Waals surface area contributed by atoms with Gasteiger partial charge in [0.2, 0.25) is 5.91 Å². The highest BCUT2D eigenvalue weighted by molar-refractivity contribution is 7.92. The van der Waals surface area contributed by atoms with Crippen LogP contribution in [-0.4, -0.2) is 19.2 Å². The molecule has 9 heteroatoms. The van der Waals surface area contributed by atoms with Gasteiger partial charge in [-0.3, -0.25) is 19.6 Å². The van der Waals surface area contributed by atoms with E-state index >= 15 is 0 Å². The van der Waals surface area contributed by atoms with E-state index in [-0.39, 0.29) is 22.9 Å². The summed E-state index contributed by atoms with van der Waals surface area (Å²) in [7, 11) is -3.71. The number of anilines is 2. The Morgan fingerprint density at radius 1 is 0.968 bits per heavy atom. The van der Waals surface area contributed by atoms with E-state index in [1.165, 1.54) is 30.3 Å². The number of non-ortho nitro benzene ring substituents is 1. The zero-order chi connectivity index (χ0) is 22.4. The molecule has 0 bridgehead atoms. The first kappa shape index (κ1) is 22.0. The van der Waals surface area contributed by atoms with Gasteiger partial charge in [-0.15, -0.1) is 0 Å². The van der Waals surface area contributed by atoms with Gasteiger partial charge in [-0.05, 0) is 49.2 Å².